The van der Waals surface area contributed by atoms with E-state index in [1.807, 2.05) is 6.92 Å². The van der Waals surface area contributed by atoms with Gasteiger partial charge >= 0.3 is 0 Å². The molecule has 2 rings (SSSR count). The molecule has 2 atom stereocenters. The van der Waals surface area contributed by atoms with Crippen LogP contribution in [0.3, 0.4) is 0 Å². The third kappa shape index (κ3) is 2.60. The van der Waals surface area contributed by atoms with E-state index in [0.717, 1.165) is 24.6 Å². The normalized spacial score (nSPS) is 22.1. The molecule has 1 aliphatic rings. The van der Waals surface area contributed by atoms with Crippen LogP contribution in [-0.2, 0) is 0 Å². The summed E-state index contributed by atoms with van der Waals surface area (Å²) in [7, 11) is 0. The molecule has 1 aliphatic heterocycles. The minimum absolute atomic E-state index is 0.174. The number of hydrogen-bond acceptors (Lipinski definition) is 3. The van der Waals surface area contributed by atoms with Crippen LogP contribution in [0, 0.1) is 21.8 Å². The maximum Gasteiger partial charge on any atom is 0.282 e. The van der Waals surface area contributed by atoms with Crippen LogP contribution in [0.25, 0.3) is 0 Å². The average Bonchev–Trinajstić information content (AvgIpc) is 2.78. The largest absolute Gasteiger partial charge is 0.334 e. The Morgan fingerprint density at radius 1 is 1.60 bits per heavy atom. The third-order valence-electron chi connectivity index (χ3n) is 3.69. The van der Waals surface area contributed by atoms with Crippen LogP contribution in [-0.4, -0.2) is 34.2 Å². The average molecular weight is 301 g/mol. The predicted molar refractivity (Wildman–Crippen MR) is 72.4 cm³/mol. The van der Waals surface area contributed by atoms with Crippen LogP contribution in [0.15, 0.2) is 18.2 Å². The first kappa shape index (κ1) is 14.7. The highest BCUT2D eigenvalue weighted by molar-refractivity contribution is 6.18. The highest BCUT2D eigenvalue weighted by Crippen LogP contribution is 2.29. The standard InChI is InChI=1S/C13H14ClFN2O3/c1-8-4-5-16(12(8)7-14)13(18)10-6-9(15)2-3-11(10)17(19)20/h2-3,6,8,12H,4-5,7H2,1H3. The zero-order valence-corrected chi connectivity index (χ0v) is 11.6. The molecular formula is C13H14ClFN2O3. The number of nitro benzene ring substituents is 1. The highest BCUT2D eigenvalue weighted by Gasteiger charge is 2.36. The second-order valence-corrected chi connectivity index (χ2v) is 5.21. The first-order valence-corrected chi connectivity index (χ1v) is 6.80. The molecule has 5 nitrogen and oxygen atoms in total. The Labute approximate surface area is 120 Å². The van der Waals surface area contributed by atoms with E-state index in [0.29, 0.717) is 6.54 Å². The summed E-state index contributed by atoms with van der Waals surface area (Å²) < 4.78 is 13.3. The molecule has 0 aliphatic carbocycles. The van der Waals surface area contributed by atoms with Crippen molar-refractivity contribution in [2.24, 2.45) is 5.92 Å². The van der Waals surface area contributed by atoms with Crippen molar-refractivity contribution >= 4 is 23.2 Å². The van der Waals surface area contributed by atoms with Gasteiger partial charge in [-0.3, -0.25) is 14.9 Å². The van der Waals surface area contributed by atoms with Crippen molar-refractivity contribution in [2.45, 2.75) is 19.4 Å². The molecule has 1 heterocycles. The zero-order valence-electron chi connectivity index (χ0n) is 10.9. The molecule has 1 aromatic carbocycles. The number of rotatable bonds is 3. The molecule has 7 heteroatoms. The van der Waals surface area contributed by atoms with Gasteiger partial charge < -0.3 is 4.90 Å². The van der Waals surface area contributed by atoms with E-state index in [2.05, 4.69) is 0 Å². The quantitative estimate of drug-likeness (QED) is 0.490. The highest BCUT2D eigenvalue weighted by atomic mass is 35.5. The Morgan fingerprint density at radius 3 is 2.90 bits per heavy atom. The van der Waals surface area contributed by atoms with E-state index in [1.165, 1.54) is 4.90 Å². The van der Waals surface area contributed by atoms with Crippen LogP contribution >= 0.6 is 11.6 Å². The SMILES string of the molecule is CC1CCN(C(=O)c2cc(F)ccc2[N+](=O)[O-])C1CCl. The van der Waals surface area contributed by atoms with E-state index >= 15 is 0 Å². The van der Waals surface area contributed by atoms with Crippen molar-refractivity contribution in [1.29, 1.82) is 0 Å². The first-order valence-electron chi connectivity index (χ1n) is 6.26. The Morgan fingerprint density at radius 2 is 2.30 bits per heavy atom. The molecule has 1 aromatic rings. The van der Waals surface area contributed by atoms with E-state index < -0.39 is 16.6 Å². The molecule has 0 saturated carbocycles. The third-order valence-corrected chi connectivity index (χ3v) is 4.00. The number of likely N-dealkylation sites (tertiary alicyclic amines) is 1. The van der Waals surface area contributed by atoms with Gasteiger partial charge in [-0.25, -0.2) is 4.39 Å². The molecule has 0 aromatic heterocycles. The Kier molecular flexibility index (Phi) is 4.23. The Hall–Kier alpha value is -1.69. The second-order valence-electron chi connectivity index (χ2n) is 4.90. The van der Waals surface area contributed by atoms with Gasteiger partial charge in [-0.05, 0) is 24.5 Å². The molecule has 0 radical (unpaired) electrons. The molecule has 0 spiro atoms. The molecule has 1 amide bonds. The molecule has 108 valence electrons. The van der Waals surface area contributed by atoms with Crippen LogP contribution < -0.4 is 0 Å². The minimum Gasteiger partial charge on any atom is -0.334 e. The maximum atomic E-state index is 13.3. The van der Waals surface area contributed by atoms with E-state index in [4.69, 9.17) is 11.6 Å². The van der Waals surface area contributed by atoms with Gasteiger partial charge in [0.05, 0.1) is 4.92 Å². The summed E-state index contributed by atoms with van der Waals surface area (Å²) in [4.78, 5) is 24.2. The number of carbonyl (C=O) groups is 1. The summed E-state index contributed by atoms with van der Waals surface area (Å²) >= 11 is 5.86. The second kappa shape index (κ2) is 5.75. The predicted octanol–water partition coefficient (Wildman–Crippen LogP) is 2.82. The fourth-order valence-corrected chi connectivity index (χ4v) is 2.96. The number of nitrogens with zero attached hydrogens (tertiary/aromatic N) is 2. The number of nitro groups is 1. The Bertz CT molecular complexity index is 552. The summed E-state index contributed by atoms with van der Waals surface area (Å²) in [6.07, 6.45) is 0.784. The lowest BCUT2D eigenvalue weighted by Gasteiger charge is -2.25. The maximum absolute atomic E-state index is 13.3. The number of hydrogen-bond donors (Lipinski definition) is 0. The van der Waals surface area contributed by atoms with E-state index in [-0.39, 0.29) is 29.1 Å². The van der Waals surface area contributed by atoms with Gasteiger partial charge in [0.1, 0.15) is 11.4 Å². The number of halogens is 2. The lowest BCUT2D eigenvalue weighted by molar-refractivity contribution is -0.385. The van der Waals surface area contributed by atoms with Crippen LogP contribution in [0.4, 0.5) is 10.1 Å². The smallest absolute Gasteiger partial charge is 0.282 e. The van der Waals surface area contributed by atoms with Crippen LogP contribution in [0.2, 0.25) is 0 Å². The number of carbonyl (C=O) groups excluding carboxylic acids is 1. The lowest BCUT2D eigenvalue weighted by atomic mass is 10.0. The van der Waals surface area contributed by atoms with Crippen molar-refractivity contribution in [3.63, 3.8) is 0 Å². The fraction of sp³-hybridized carbons (Fsp3) is 0.462. The van der Waals surface area contributed by atoms with Crippen molar-refractivity contribution in [3.05, 3.63) is 39.7 Å². The van der Waals surface area contributed by atoms with Crippen molar-refractivity contribution in [2.75, 3.05) is 12.4 Å². The first-order chi connectivity index (χ1) is 9.45. The summed E-state index contributed by atoms with van der Waals surface area (Å²) in [5.74, 6) is -0.723. The molecule has 0 N–H and O–H groups in total. The number of amides is 1. The zero-order chi connectivity index (χ0) is 14.9. The summed E-state index contributed by atoms with van der Waals surface area (Å²) in [5.41, 5.74) is -0.608. The van der Waals surface area contributed by atoms with Gasteiger partial charge in [-0.15, -0.1) is 11.6 Å². The number of benzene rings is 1. The van der Waals surface area contributed by atoms with E-state index in [9.17, 15) is 19.3 Å². The van der Waals surface area contributed by atoms with Gasteiger partial charge in [0.2, 0.25) is 0 Å². The minimum atomic E-state index is -0.679. The lowest BCUT2D eigenvalue weighted by Crippen LogP contribution is -2.39. The summed E-state index contributed by atoms with van der Waals surface area (Å²) in [5, 5.41) is 11.0. The van der Waals surface area contributed by atoms with Crippen LogP contribution in [0.1, 0.15) is 23.7 Å². The van der Waals surface area contributed by atoms with Gasteiger partial charge in [-0.1, -0.05) is 6.92 Å². The summed E-state index contributed by atoms with van der Waals surface area (Å²) in [6.45, 7) is 2.45. The van der Waals surface area contributed by atoms with Gasteiger partial charge in [0, 0.05) is 24.5 Å². The molecular weight excluding hydrogens is 287 g/mol. The van der Waals surface area contributed by atoms with Gasteiger partial charge in [-0.2, -0.15) is 0 Å². The fourth-order valence-electron chi connectivity index (χ4n) is 2.49. The topological polar surface area (TPSA) is 63.5 Å². The monoisotopic (exact) mass is 300 g/mol. The molecule has 0 bridgehead atoms. The summed E-state index contributed by atoms with van der Waals surface area (Å²) in [6, 6.07) is 2.72. The Balaban J connectivity index is 2.38. The van der Waals surface area contributed by atoms with Gasteiger partial charge in [0.25, 0.3) is 11.6 Å². The van der Waals surface area contributed by atoms with E-state index in [1.54, 1.807) is 0 Å². The molecule has 1 fully saturated rings. The molecule has 1 saturated heterocycles. The number of alkyl halides is 1. The molecule has 20 heavy (non-hydrogen) atoms. The van der Waals surface area contributed by atoms with Gasteiger partial charge in [0.15, 0.2) is 0 Å². The van der Waals surface area contributed by atoms with Crippen molar-refractivity contribution < 1.29 is 14.1 Å². The van der Waals surface area contributed by atoms with Crippen molar-refractivity contribution in [3.8, 4) is 0 Å². The van der Waals surface area contributed by atoms with Crippen molar-refractivity contribution in [1.82, 2.24) is 4.90 Å². The molecule has 2 unspecified atom stereocenters. The van der Waals surface area contributed by atoms with Crippen LogP contribution in [0.5, 0.6) is 0 Å².